The molecule has 1 saturated carbocycles. The summed E-state index contributed by atoms with van der Waals surface area (Å²) in [6.07, 6.45) is 3.27. The van der Waals surface area contributed by atoms with E-state index in [0.29, 0.717) is 25.1 Å². The van der Waals surface area contributed by atoms with Crippen LogP contribution in [0.15, 0.2) is 48.5 Å². The molecular weight excluding hydrogens is 452 g/mol. The third kappa shape index (κ3) is 5.38. The average molecular weight is 483 g/mol. The van der Waals surface area contributed by atoms with Crippen molar-refractivity contribution in [2.75, 3.05) is 24.7 Å². The van der Waals surface area contributed by atoms with Crippen LogP contribution in [0.2, 0.25) is 0 Å². The van der Waals surface area contributed by atoms with E-state index in [1.165, 1.54) is 11.8 Å². The molecule has 7 nitrogen and oxygen atoms in total. The van der Waals surface area contributed by atoms with E-state index in [1.54, 1.807) is 0 Å². The van der Waals surface area contributed by atoms with E-state index in [2.05, 4.69) is 34.9 Å². The summed E-state index contributed by atoms with van der Waals surface area (Å²) in [6.45, 7) is 0.550. The van der Waals surface area contributed by atoms with Crippen molar-refractivity contribution in [2.45, 2.75) is 43.6 Å². The van der Waals surface area contributed by atoms with Crippen LogP contribution in [0.1, 0.15) is 49.1 Å². The molecule has 3 N–H and O–H groups in total. The minimum Gasteiger partial charge on any atom is -0.481 e. The van der Waals surface area contributed by atoms with Gasteiger partial charge in [0.05, 0.1) is 5.75 Å². The summed E-state index contributed by atoms with van der Waals surface area (Å²) in [7, 11) is 0. The third-order valence-electron chi connectivity index (χ3n) is 6.58. The first-order chi connectivity index (χ1) is 16.5. The van der Waals surface area contributed by atoms with Gasteiger partial charge >= 0.3 is 12.1 Å². The van der Waals surface area contributed by atoms with Crippen LogP contribution in [-0.2, 0) is 14.3 Å². The third-order valence-corrected chi connectivity index (χ3v) is 7.53. The summed E-state index contributed by atoms with van der Waals surface area (Å²) in [5, 5.41) is 14.5. The van der Waals surface area contributed by atoms with Crippen LogP contribution in [0.4, 0.5) is 4.79 Å². The maximum absolute atomic E-state index is 13.0. The summed E-state index contributed by atoms with van der Waals surface area (Å²) in [5.74, 6) is -0.646. The second-order valence-corrected chi connectivity index (χ2v) is 9.90. The van der Waals surface area contributed by atoms with Gasteiger partial charge in [-0.1, -0.05) is 67.8 Å². The quantitative estimate of drug-likeness (QED) is 0.464. The molecule has 0 radical (unpaired) electrons. The molecular formula is C26H30N2O5S. The number of rotatable bonds is 9. The lowest BCUT2D eigenvalue weighted by Crippen LogP contribution is -2.60. The van der Waals surface area contributed by atoms with Crippen LogP contribution < -0.4 is 10.6 Å². The number of hydrogen-bond donors (Lipinski definition) is 3. The Morgan fingerprint density at radius 2 is 1.59 bits per heavy atom. The zero-order valence-electron chi connectivity index (χ0n) is 19.0. The summed E-state index contributed by atoms with van der Waals surface area (Å²) in [4.78, 5) is 36.5. The first-order valence-electron chi connectivity index (χ1n) is 11.7. The molecule has 0 aliphatic heterocycles. The molecule has 0 atom stereocenters. The van der Waals surface area contributed by atoms with Gasteiger partial charge in [-0.2, -0.15) is 0 Å². The predicted molar refractivity (Wildman–Crippen MR) is 132 cm³/mol. The number of hydrogen-bond acceptors (Lipinski definition) is 5. The van der Waals surface area contributed by atoms with Gasteiger partial charge in [-0.15, -0.1) is 11.8 Å². The number of alkyl carbamates (subject to hydrolysis) is 1. The second-order valence-electron chi connectivity index (χ2n) is 8.80. The molecule has 0 aromatic heterocycles. The minimum atomic E-state index is -0.988. The highest BCUT2D eigenvalue weighted by Crippen LogP contribution is 2.44. The van der Waals surface area contributed by atoms with Crippen LogP contribution in [-0.4, -0.2) is 53.3 Å². The van der Waals surface area contributed by atoms with E-state index in [4.69, 9.17) is 9.84 Å². The molecule has 1 fully saturated rings. The Morgan fingerprint density at radius 1 is 0.971 bits per heavy atom. The predicted octanol–water partition coefficient (Wildman–Crippen LogP) is 4.16. The SMILES string of the molecule is O=C(O)CSCCNC(=O)C1(NC(=O)OCC2c3ccccc3-c3ccccc32)CCCCC1. The lowest BCUT2D eigenvalue weighted by atomic mass is 9.81. The number of carbonyl (C=O) groups excluding carboxylic acids is 2. The fourth-order valence-corrected chi connectivity index (χ4v) is 5.52. The van der Waals surface area contributed by atoms with E-state index < -0.39 is 17.6 Å². The maximum Gasteiger partial charge on any atom is 0.408 e. The van der Waals surface area contributed by atoms with Gasteiger partial charge in [0.25, 0.3) is 0 Å². The van der Waals surface area contributed by atoms with Crippen LogP contribution in [0.5, 0.6) is 0 Å². The molecule has 180 valence electrons. The molecule has 2 aromatic rings. The molecule has 8 heteroatoms. The number of amides is 2. The average Bonchev–Trinajstić information content (AvgIpc) is 3.16. The van der Waals surface area contributed by atoms with Gasteiger partial charge < -0.3 is 20.5 Å². The van der Waals surface area contributed by atoms with Gasteiger partial charge in [0.2, 0.25) is 5.91 Å². The molecule has 0 saturated heterocycles. The fourth-order valence-electron chi connectivity index (χ4n) is 4.96. The summed E-state index contributed by atoms with van der Waals surface area (Å²) in [5.41, 5.74) is 3.62. The van der Waals surface area contributed by atoms with Crippen molar-refractivity contribution in [2.24, 2.45) is 0 Å². The molecule has 4 rings (SSSR count). The normalized spacial score (nSPS) is 16.2. The monoisotopic (exact) mass is 482 g/mol. The van der Waals surface area contributed by atoms with Crippen LogP contribution in [0, 0.1) is 0 Å². The number of thioether (sulfide) groups is 1. The first kappa shape index (κ1) is 24.1. The largest absolute Gasteiger partial charge is 0.481 e. The Hall–Kier alpha value is -3.00. The minimum absolute atomic E-state index is 0.000979. The fraction of sp³-hybridized carbons (Fsp3) is 0.423. The van der Waals surface area contributed by atoms with E-state index >= 15 is 0 Å². The number of ether oxygens (including phenoxy) is 1. The number of aliphatic carboxylic acids is 1. The number of fused-ring (bicyclic) bond motifs is 3. The van der Waals surface area contributed by atoms with Crippen molar-refractivity contribution in [1.29, 1.82) is 0 Å². The Morgan fingerprint density at radius 3 is 2.21 bits per heavy atom. The molecule has 0 unspecified atom stereocenters. The lowest BCUT2D eigenvalue weighted by molar-refractivity contribution is -0.134. The van der Waals surface area contributed by atoms with Crippen molar-refractivity contribution in [3.05, 3.63) is 59.7 Å². The Labute approximate surface area is 203 Å². The number of carboxylic acids is 1. The Balaban J connectivity index is 1.37. The summed E-state index contributed by atoms with van der Waals surface area (Å²) >= 11 is 1.25. The molecule has 2 amide bonds. The van der Waals surface area contributed by atoms with Gasteiger partial charge in [-0.25, -0.2) is 4.79 Å². The molecule has 0 heterocycles. The van der Waals surface area contributed by atoms with Crippen molar-refractivity contribution < 1.29 is 24.2 Å². The van der Waals surface area contributed by atoms with Crippen molar-refractivity contribution in [3.63, 3.8) is 0 Å². The zero-order chi connectivity index (χ0) is 24.0. The smallest absolute Gasteiger partial charge is 0.408 e. The van der Waals surface area contributed by atoms with E-state index in [-0.39, 0.29) is 24.2 Å². The van der Waals surface area contributed by atoms with Crippen molar-refractivity contribution in [1.82, 2.24) is 10.6 Å². The second kappa shape index (κ2) is 11.0. The van der Waals surface area contributed by atoms with E-state index in [0.717, 1.165) is 41.5 Å². The number of nitrogens with one attached hydrogen (secondary N) is 2. The maximum atomic E-state index is 13.0. The lowest BCUT2D eigenvalue weighted by Gasteiger charge is -2.36. The van der Waals surface area contributed by atoms with Crippen molar-refractivity contribution in [3.8, 4) is 11.1 Å². The summed E-state index contributed by atoms with van der Waals surface area (Å²) < 4.78 is 5.69. The van der Waals surface area contributed by atoms with E-state index in [9.17, 15) is 14.4 Å². The Bertz CT molecular complexity index is 1010. The van der Waals surface area contributed by atoms with Gasteiger partial charge in [0.1, 0.15) is 12.1 Å². The highest BCUT2D eigenvalue weighted by molar-refractivity contribution is 7.99. The number of benzene rings is 2. The van der Waals surface area contributed by atoms with Crippen molar-refractivity contribution >= 4 is 29.7 Å². The van der Waals surface area contributed by atoms with E-state index in [1.807, 2.05) is 24.3 Å². The zero-order valence-corrected chi connectivity index (χ0v) is 19.9. The van der Waals surface area contributed by atoms with Gasteiger partial charge in [0.15, 0.2) is 0 Å². The standard InChI is InChI=1S/C26H30N2O5S/c29-23(30)17-34-15-14-27-24(31)26(12-6-1-7-13-26)28-25(32)33-16-22-20-10-4-2-8-18(20)19-9-3-5-11-21(19)22/h2-5,8-11,22H,1,6-7,12-17H2,(H,27,31)(H,28,32)(H,29,30). The van der Waals surface area contributed by atoms with Gasteiger partial charge in [-0.3, -0.25) is 9.59 Å². The highest BCUT2D eigenvalue weighted by atomic mass is 32.2. The van der Waals surface area contributed by atoms with Crippen LogP contribution in [0.25, 0.3) is 11.1 Å². The molecule has 34 heavy (non-hydrogen) atoms. The summed E-state index contributed by atoms with van der Waals surface area (Å²) in [6, 6.07) is 16.3. The van der Waals surface area contributed by atoms with Crippen LogP contribution >= 0.6 is 11.8 Å². The number of carboxylic acid groups (broad SMARTS) is 1. The van der Waals surface area contributed by atoms with Gasteiger partial charge in [0, 0.05) is 18.2 Å². The molecule has 0 bridgehead atoms. The molecule has 0 spiro atoms. The topological polar surface area (TPSA) is 105 Å². The Kier molecular flexibility index (Phi) is 7.77. The van der Waals surface area contributed by atoms with Crippen LogP contribution in [0.3, 0.4) is 0 Å². The van der Waals surface area contributed by atoms with Gasteiger partial charge in [-0.05, 0) is 35.1 Å². The highest BCUT2D eigenvalue weighted by Gasteiger charge is 2.41. The molecule has 2 aromatic carbocycles. The molecule has 2 aliphatic carbocycles. The molecule has 2 aliphatic rings. The number of carbonyl (C=O) groups is 3. The first-order valence-corrected chi connectivity index (χ1v) is 12.9.